The van der Waals surface area contributed by atoms with Gasteiger partial charge in [0.25, 0.3) is 5.56 Å². The van der Waals surface area contributed by atoms with Crippen LogP contribution in [0.15, 0.2) is 47.8 Å². The highest BCUT2D eigenvalue weighted by Gasteiger charge is 2.21. The third-order valence-corrected chi connectivity index (χ3v) is 5.42. The van der Waals surface area contributed by atoms with Gasteiger partial charge in [0.15, 0.2) is 5.82 Å². The Morgan fingerprint density at radius 2 is 1.97 bits per heavy atom. The van der Waals surface area contributed by atoms with Gasteiger partial charge in [-0.3, -0.25) is 9.59 Å². The topological polar surface area (TPSA) is 81.7 Å². The standard InChI is InChI=1S/C22H25N5O3/c1-3-11-26-16(2)18(9-10-19(28)25-12-14-30-15-13-25)21(29)27-22(26)23-20(24-27)17-7-5-4-6-8-17/h3-8H,1,9-15H2,2H3. The molecule has 0 unspecified atom stereocenters. The Balaban J connectivity index is 1.71. The van der Waals surface area contributed by atoms with Crippen LogP contribution in [0.3, 0.4) is 0 Å². The Labute approximate surface area is 174 Å². The molecule has 1 aromatic carbocycles. The SMILES string of the molecule is C=CCn1c(C)c(CCC(=O)N2CCOCC2)c(=O)n2nc(-c3ccccc3)nc12. The molecular weight excluding hydrogens is 382 g/mol. The highest BCUT2D eigenvalue weighted by Crippen LogP contribution is 2.17. The van der Waals surface area contributed by atoms with Crippen molar-refractivity contribution >= 4 is 11.7 Å². The van der Waals surface area contributed by atoms with E-state index >= 15 is 0 Å². The summed E-state index contributed by atoms with van der Waals surface area (Å²) in [7, 11) is 0. The summed E-state index contributed by atoms with van der Waals surface area (Å²) < 4.78 is 8.57. The summed E-state index contributed by atoms with van der Waals surface area (Å²) in [6.07, 6.45) is 2.39. The first-order chi connectivity index (χ1) is 14.6. The van der Waals surface area contributed by atoms with E-state index in [4.69, 9.17) is 4.74 Å². The number of fused-ring (bicyclic) bond motifs is 1. The second-order valence-corrected chi connectivity index (χ2v) is 7.27. The number of morpholine rings is 1. The molecule has 3 aromatic rings. The summed E-state index contributed by atoms with van der Waals surface area (Å²) in [5, 5.41) is 4.47. The molecule has 1 fully saturated rings. The van der Waals surface area contributed by atoms with Crippen molar-refractivity contribution in [2.75, 3.05) is 26.3 Å². The molecule has 8 heteroatoms. The fourth-order valence-corrected chi connectivity index (χ4v) is 3.76. The molecule has 0 aliphatic carbocycles. The lowest BCUT2D eigenvalue weighted by atomic mass is 10.1. The number of amides is 1. The van der Waals surface area contributed by atoms with Crippen molar-refractivity contribution in [2.45, 2.75) is 26.3 Å². The lowest BCUT2D eigenvalue weighted by Gasteiger charge is -2.27. The van der Waals surface area contributed by atoms with E-state index in [2.05, 4.69) is 16.7 Å². The van der Waals surface area contributed by atoms with Crippen molar-refractivity contribution in [1.82, 2.24) is 24.1 Å². The maximum absolute atomic E-state index is 13.2. The van der Waals surface area contributed by atoms with E-state index in [0.717, 1.165) is 11.3 Å². The molecule has 1 aliphatic rings. The van der Waals surface area contributed by atoms with E-state index in [0.29, 0.717) is 56.4 Å². The normalized spacial score (nSPS) is 14.2. The Morgan fingerprint density at radius 1 is 1.23 bits per heavy atom. The molecule has 0 spiro atoms. The number of benzene rings is 1. The smallest absolute Gasteiger partial charge is 0.279 e. The molecular formula is C22H25N5O3. The average Bonchev–Trinajstić information content (AvgIpc) is 3.23. The van der Waals surface area contributed by atoms with Crippen molar-refractivity contribution in [3.8, 4) is 11.4 Å². The molecule has 3 heterocycles. The molecule has 1 aliphatic heterocycles. The number of allylic oxidation sites excluding steroid dienone is 1. The highest BCUT2D eigenvalue weighted by atomic mass is 16.5. The maximum atomic E-state index is 13.2. The van der Waals surface area contributed by atoms with Crippen molar-refractivity contribution in [2.24, 2.45) is 0 Å². The zero-order valence-electron chi connectivity index (χ0n) is 17.1. The van der Waals surface area contributed by atoms with Crippen molar-refractivity contribution in [3.63, 3.8) is 0 Å². The first kappa shape index (κ1) is 20.0. The van der Waals surface area contributed by atoms with Crippen LogP contribution in [-0.2, 0) is 22.5 Å². The molecule has 0 N–H and O–H groups in total. The van der Waals surface area contributed by atoms with Gasteiger partial charge in [0.2, 0.25) is 11.7 Å². The zero-order chi connectivity index (χ0) is 21.1. The van der Waals surface area contributed by atoms with E-state index in [1.54, 1.807) is 11.0 Å². The van der Waals surface area contributed by atoms with Crippen LogP contribution < -0.4 is 5.56 Å². The van der Waals surface area contributed by atoms with Crippen LogP contribution in [0.5, 0.6) is 0 Å². The molecule has 8 nitrogen and oxygen atoms in total. The fraction of sp³-hybridized carbons (Fsp3) is 0.364. The number of hydrogen-bond acceptors (Lipinski definition) is 5. The summed E-state index contributed by atoms with van der Waals surface area (Å²) >= 11 is 0. The number of rotatable bonds is 6. The number of carbonyl (C=O) groups is 1. The quantitative estimate of drug-likeness (QED) is 0.583. The molecule has 0 radical (unpaired) electrons. The van der Waals surface area contributed by atoms with Crippen LogP contribution in [0.2, 0.25) is 0 Å². The van der Waals surface area contributed by atoms with Crippen molar-refractivity contribution < 1.29 is 9.53 Å². The maximum Gasteiger partial charge on any atom is 0.279 e. The van der Waals surface area contributed by atoms with Crippen molar-refractivity contribution in [3.05, 3.63) is 64.6 Å². The van der Waals surface area contributed by atoms with Gasteiger partial charge >= 0.3 is 0 Å². The molecule has 1 amide bonds. The first-order valence-corrected chi connectivity index (χ1v) is 10.1. The minimum atomic E-state index is -0.229. The number of aromatic nitrogens is 4. The summed E-state index contributed by atoms with van der Waals surface area (Å²) in [5.41, 5.74) is 1.98. The summed E-state index contributed by atoms with van der Waals surface area (Å²) in [6.45, 7) is 8.52. The predicted octanol–water partition coefficient (Wildman–Crippen LogP) is 1.84. The Morgan fingerprint density at radius 3 is 2.67 bits per heavy atom. The van der Waals surface area contributed by atoms with Crippen LogP contribution in [0.1, 0.15) is 17.7 Å². The lowest BCUT2D eigenvalue weighted by Crippen LogP contribution is -2.41. The number of ether oxygens (including phenoxy) is 1. The minimum Gasteiger partial charge on any atom is -0.378 e. The summed E-state index contributed by atoms with van der Waals surface area (Å²) in [5.74, 6) is 1.00. The van der Waals surface area contributed by atoms with E-state index in [1.807, 2.05) is 41.8 Å². The molecule has 1 saturated heterocycles. The molecule has 4 rings (SSSR count). The Hall–Kier alpha value is -3.26. The first-order valence-electron chi connectivity index (χ1n) is 10.1. The van der Waals surface area contributed by atoms with Gasteiger partial charge in [-0.25, -0.2) is 0 Å². The summed E-state index contributed by atoms with van der Waals surface area (Å²) in [4.78, 5) is 32.2. The van der Waals surface area contributed by atoms with Crippen LogP contribution in [-0.4, -0.2) is 56.3 Å². The second kappa shape index (κ2) is 8.62. The van der Waals surface area contributed by atoms with Crippen molar-refractivity contribution in [1.29, 1.82) is 0 Å². The Bertz CT molecular complexity index is 1130. The molecule has 2 aromatic heterocycles. The highest BCUT2D eigenvalue weighted by molar-refractivity contribution is 5.76. The largest absolute Gasteiger partial charge is 0.378 e. The van der Waals surface area contributed by atoms with E-state index in [-0.39, 0.29) is 17.9 Å². The van der Waals surface area contributed by atoms with Gasteiger partial charge in [0, 0.05) is 42.9 Å². The van der Waals surface area contributed by atoms with Crippen LogP contribution in [0, 0.1) is 6.92 Å². The van der Waals surface area contributed by atoms with Gasteiger partial charge in [-0.15, -0.1) is 11.7 Å². The fourth-order valence-electron chi connectivity index (χ4n) is 3.76. The minimum absolute atomic E-state index is 0.0380. The van der Waals surface area contributed by atoms with Gasteiger partial charge < -0.3 is 14.2 Å². The second-order valence-electron chi connectivity index (χ2n) is 7.27. The monoisotopic (exact) mass is 407 g/mol. The molecule has 0 atom stereocenters. The van der Waals surface area contributed by atoms with E-state index < -0.39 is 0 Å². The number of hydrogen-bond donors (Lipinski definition) is 0. The zero-order valence-corrected chi connectivity index (χ0v) is 17.1. The van der Waals surface area contributed by atoms with Gasteiger partial charge in [0.05, 0.1) is 13.2 Å². The number of carbonyl (C=O) groups excluding carboxylic acids is 1. The lowest BCUT2D eigenvalue weighted by molar-refractivity contribution is -0.135. The van der Waals surface area contributed by atoms with Gasteiger partial charge in [-0.2, -0.15) is 9.50 Å². The third-order valence-electron chi connectivity index (χ3n) is 5.42. The van der Waals surface area contributed by atoms with Crippen LogP contribution >= 0.6 is 0 Å². The van der Waals surface area contributed by atoms with E-state index in [1.165, 1.54) is 4.52 Å². The third kappa shape index (κ3) is 3.78. The van der Waals surface area contributed by atoms with Crippen LogP contribution in [0.4, 0.5) is 0 Å². The molecule has 30 heavy (non-hydrogen) atoms. The average molecular weight is 407 g/mol. The number of nitrogens with zero attached hydrogens (tertiary/aromatic N) is 5. The van der Waals surface area contributed by atoms with Gasteiger partial charge in [0.1, 0.15) is 0 Å². The molecule has 0 bridgehead atoms. The van der Waals surface area contributed by atoms with Gasteiger partial charge in [-0.1, -0.05) is 36.4 Å². The van der Waals surface area contributed by atoms with Gasteiger partial charge in [-0.05, 0) is 13.3 Å². The summed E-state index contributed by atoms with van der Waals surface area (Å²) in [6, 6.07) is 9.55. The molecule has 156 valence electrons. The van der Waals surface area contributed by atoms with E-state index in [9.17, 15) is 9.59 Å². The van der Waals surface area contributed by atoms with Crippen LogP contribution in [0.25, 0.3) is 17.2 Å². The molecule has 0 saturated carbocycles. The Kier molecular flexibility index (Phi) is 5.76. The predicted molar refractivity (Wildman–Crippen MR) is 113 cm³/mol.